The van der Waals surface area contributed by atoms with E-state index in [1.165, 1.54) is 89.9 Å². The Morgan fingerprint density at radius 1 is 0.595 bits per heavy atom. The van der Waals surface area contributed by atoms with Crippen LogP contribution < -0.4 is 0 Å². The van der Waals surface area contributed by atoms with E-state index in [0.717, 1.165) is 51.4 Å². The summed E-state index contributed by atoms with van der Waals surface area (Å²) in [6.07, 6.45) is 44.3. The second-order valence-electron chi connectivity index (χ2n) is 11.6. The summed E-state index contributed by atoms with van der Waals surface area (Å²) in [4.78, 5) is 12.1. The van der Waals surface area contributed by atoms with Gasteiger partial charge in [0.1, 0.15) is 6.10 Å². The fraction of sp³-hybridized carbons (Fsp3) is 0.763. The normalized spacial score (nSPS) is 12.9. The van der Waals surface area contributed by atoms with Crippen molar-refractivity contribution in [3.8, 4) is 0 Å². The van der Waals surface area contributed by atoms with Crippen LogP contribution in [-0.4, -0.2) is 37.0 Å². The van der Waals surface area contributed by atoms with E-state index in [0.29, 0.717) is 13.0 Å². The largest absolute Gasteiger partial charge is 0.457 e. The highest BCUT2D eigenvalue weighted by Crippen LogP contribution is 2.13. The Morgan fingerprint density at radius 3 is 1.57 bits per heavy atom. The maximum absolute atomic E-state index is 12.1. The number of carbonyl (C=O) groups is 1. The fourth-order valence-corrected chi connectivity index (χ4v) is 4.79. The van der Waals surface area contributed by atoms with Gasteiger partial charge in [0.05, 0.1) is 13.2 Å². The molecule has 42 heavy (non-hydrogen) atoms. The second kappa shape index (κ2) is 35.5. The molecule has 1 unspecified atom stereocenters. The molecule has 0 saturated carbocycles. The molecule has 0 aromatic heterocycles. The van der Waals surface area contributed by atoms with Crippen LogP contribution >= 0.6 is 0 Å². The van der Waals surface area contributed by atoms with Gasteiger partial charge in [0.25, 0.3) is 0 Å². The van der Waals surface area contributed by atoms with Gasteiger partial charge in [0.2, 0.25) is 0 Å². The molecule has 0 rings (SSSR count). The van der Waals surface area contributed by atoms with E-state index in [-0.39, 0.29) is 19.2 Å². The molecule has 0 aromatic carbocycles. The predicted octanol–water partition coefficient (Wildman–Crippen LogP) is 11.1. The van der Waals surface area contributed by atoms with E-state index in [9.17, 15) is 9.90 Å². The minimum atomic E-state index is -0.553. The lowest BCUT2D eigenvalue weighted by Crippen LogP contribution is -2.27. The van der Waals surface area contributed by atoms with Gasteiger partial charge in [-0.25, -0.2) is 0 Å². The number of hydrogen-bond acceptors (Lipinski definition) is 4. The molecule has 0 heterocycles. The molecule has 0 bridgehead atoms. The molecule has 0 saturated heterocycles. The Labute approximate surface area is 261 Å². The number of unbranched alkanes of at least 4 members (excludes halogenated alkanes) is 16. The van der Waals surface area contributed by atoms with E-state index < -0.39 is 6.10 Å². The van der Waals surface area contributed by atoms with E-state index >= 15 is 0 Å². The first-order chi connectivity index (χ1) is 20.7. The number of aliphatic hydroxyl groups excluding tert-OH is 1. The van der Waals surface area contributed by atoms with Crippen molar-refractivity contribution < 1.29 is 19.4 Å². The van der Waals surface area contributed by atoms with Crippen molar-refractivity contribution in [1.29, 1.82) is 0 Å². The van der Waals surface area contributed by atoms with Crippen LogP contribution in [-0.2, 0) is 14.3 Å². The third-order valence-corrected chi connectivity index (χ3v) is 7.42. The smallest absolute Gasteiger partial charge is 0.306 e. The number of aliphatic hydroxyl groups is 1. The summed E-state index contributed by atoms with van der Waals surface area (Å²) in [5.41, 5.74) is 0. The van der Waals surface area contributed by atoms with Crippen molar-refractivity contribution in [3.63, 3.8) is 0 Å². The van der Waals surface area contributed by atoms with Gasteiger partial charge in [-0.3, -0.25) is 4.79 Å². The lowest BCUT2D eigenvalue weighted by Gasteiger charge is -2.15. The van der Waals surface area contributed by atoms with Crippen molar-refractivity contribution in [2.45, 2.75) is 168 Å². The van der Waals surface area contributed by atoms with Crippen molar-refractivity contribution >= 4 is 5.97 Å². The molecule has 4 nitrogen and oxygen atoms in total. The molecular weight excluding hydrogens is 520 g/mol. The molecule has 1 atom stereocenters. The first-order valence-electron chi connectivity index (χ1n) is 17.7. The number of hydrogen-bond donors (Lipinski definition) is 1. The molecule has 0 aliphatic carbocycles. The molecule has 0 aromatic rings. The van der Waals surface area contributed by atoms with Gasteiger partial charge in [-0.05, 0) is 51.4 Å². The highest BCUT2D eigenvalue weighted by Gasteiger charge is 2.13. The topological polar surface area (TPSA) is 55.8 Å². The summed E-state index contributed by atoms with van der Waals surface area (Å²) >= 11 is 0. The molecule has 244 valence electrons. The highest BCUT2D eigenvalue weighted by atomic mass is 16.6. The maximum atomic E-state index is 12.1. The first-order valence-corrected chi connectivity index (χ1v) is 17.7. The van der Waals surface area contributed by atoms with Crippen LogP contribution in [0.15, 0.2) is 48.6 Å². The van der Waals surface area contributed by atoms with Gasteiger partial charge in [-0.15, -0.1) is 0 Å². The summed E-state index contributed by atoms with van der Waals surface area (Å²) in [7, 11) is 0. The number of rotatable bonds is 32. The van der Waals surface area contributed by atoms with Gasteiger partial charge in [0, 0.05) is 13.0 Å². The monoisotopic (exact) mass is 589 g/mol. The zero-order valence-electron chi connectivity index (χ0n) is 27.8. The number of carbonyl (C=O) groups excluding carboxylic acids is 1. The summed E-state index contributed by atoms with van der Waals surface area (Å²) in [5.74, 6) is -0.241. The van der Waals surface area contributed by atoms with Crippen molar-refractivity contribution in [3.05, 3.63) is 48.6 Å². The molecule has 0 fully saturated rings. The minimum Gasteiger partial charge on any atom is -0.457 e. The van der Waals surface area contributed by atoms with Crippen LogP contribution in [0.3, 0.4) is 0 Å². The molecule has 0 radical (unpaired) electrons. The van der Waals surface area contributed by atoms with Crippen LogP contribution in [0.1, 0.15) is 162 Å². The van der Waals surface area contributed by atoms with Crippen molar-refractivity contribution in [2.75, 3.05) is 19.8 Å². The van der Waals surface area contributed by atoms with Gasteiger partial charge in [-0.2, -0.15) is 0 Å². The van der Waals surface area contributed by atoms with Crippen LogP contribution in [0, 0.1) is 0 Å². The van der Waals surface area contributed by atoms with Gasteiger partial charge in [0.15, 0.2) is 0 Å². The Hall–Kier alpha value is -1.65. The van der Waals surface area contributed by atoms with Crippen LogP contribution in [0.25, 0.3) is 0 Å². The number of ether oxygens (including phenoxy) is 2. The fourth-order valence-electron chi connectivity index (χ4n) is 4.79. The van der Waals surface area contributed by atoms with Gasteiger partial charge >= 0.3 is 5.97 Å². The Balaban J connectivity index is 3.52. The summed E-state index contributed by atoms with van der Waals surface area (Å²) in [6.45, 7) is 5.19. The first kappa shape index (κ1) is 40.4. The third-order valence-electron chi connectivity index (χ3n) is 7.42. The zero-order valence-corrected chi connectivity index (χ0v) is 27.8. The van der Waals surface area contributed by atoms with E-state index in [1.807, 2.05) is 0 Å². The summed E-state index contributed by atoms with van der Waals surface area (Å²) in [6, 6.07) is 0. The SMILES string of the molecule is CC/C=C\C/C=C\C/C=C\C/C=C\CCCCC(=O)OC(CO)COCCCCCCCCCCCCCCCCC. The van der Waals surface area contributed by atoms with Crippen molar-refractivity contribution in [1.82, 2.24) is 0 Å². The number of allylic oxidation sites excluding steroid dienone is 8. The highest BCUT2D eigenvalue weighted by molar-refractivity contribution is 5.69. The molecular formula is C38H68O4. The Morgan fingerprint density at radius 2 is 1.07 bits per heavy atom. The molecule has 0 aliphatic heterocycles. The van der Waals surface area contributed by atoms with Crippen LogP contribution in [0.4, 0.5) is 0 Å². The van der Waals surface area contributed by atoms with Gasteiger partial charge in [-0.1, -0.05) is 152 Å². The van der Waals surface area contributed by atoms with E-state index in [4.69, 9.17) is 9.47 Å². The van der Waals surface area contributed by atoms with E-state index in [2.05, 4.69) is 62.5 Å². The average Bonchev–Trinajstić information content (AvgIpc) is 3.00. The average molecular weight is 589 g/mol. The predicted molar refractivity (Wildman–Crippen MR) is 182 cm³/mol. The Kier molecular flexibility index (Phi) is 34.1. The number of esters is 1. The molecule has 0 spiro atoms. The minimum absolute atomic E-state index is 0.188. The van der Waals surface area contributed by atoms with Gasteiger partial charge < -0.3 is 14.6 Å². The molecule has 4 heteroatoms. The van der Waals surface area contributed by atoms with E-state index in [1.54, 1.807) is 0 Å². The summed E-state index contributed by atoms with van der Waals surface area (Å²) < 4.78 is 11.1. The molecule has 1 N–H and O–H groups in total. The second-order valence-corrected chi connectivity index (χ2v) is 11.6. The quantitative estimate of drug-likeness (QED) is 0.0482. The third kappa shape index (κ3) is 32.9. The standard InChI is InChI=1S/C38H68O4/c1-3-5-7-9-11-13-15-17-19-21-23-25-27-29-31-33-38(40)42-37(35-39)36-41-34-32-30-28-26-24-22-20-18-16-14-12-10-8-6-4-2/h5,7,11,13,17,19,23,25,37,39H,3-4,6,8-10,12,14-16,18,20-22,24,26-36H2,1-2H3/b7-5-,13-11-,19-17-,25-23-. The zero-order chi connectivity index (χ0) is 30.6. The molecule has 0 amide bonds. The lowest BCUT2D eigenvalue weighted by molar-refractivity contribution is -0.154. The lowest BCUT2D eigenvalue weighted by atomic mass is 10.0. The maximum Gasteiger partial charge on any atom is 0.306 e. The van der Waals surface area contributed by atoms with Crippen LogP contribution in [0.2, 0.25) is 0 Å². The Bertz CT molecular complexity index is 664. The summed E-state index contributed by atoms with van der Waals surface area (Å²) in [5, 5.41) is 9.54. The van der Waals surface area contributed by atoms with Crippen LogP contribution in [0.5, 0.6) is 0 Å². The molecule has 0 aliphatic rings. The van der Waals surface area contributed by atoms with Crippen molar-refractivity contribution in [2.24, 2.45) is 0 Å².